The van der Waals surface area contributed by atoms with Crippen molar-refractivity contribution in [1.82, 2.24) is 29.5 Å². The summed E-state index contributed by atoms with van der Waals surface area (Å²) in [7, 11) is -3.59. The van der Waals surface area contributed by atoms with Gasteiger partial charge in [-0.05, 0) is 30.9 Å². The van der Waals surface area contributed by atoms with E-state index in [1.54, 1.807) is 12.3 Å². The maximum atomic E-state index is 13.3. The fraction of sp³-hybridized carbons (Fsp3) is 0.294. The lowest BCUT2D eigenvalue weighted by Crippen LogP contribution is -2.14. The average Bonchev–Trinajstić information content (AvgIpc) is 3.25. The predicted molar refractivity (Wildman–Crippen MR) is 99.2 cm³/mol. The molecule has 3 aromatic heterocycles. The minimum atomic E-state index is -3.59. The van der Waals surface area contributed by atoms with Crippen LogP contribution in [0, 0.1) is 5.82 Å². The van der Waals surface area contributed by atoms with Gasteiger partial charge in [-0.1, -0.05) is 0 Å². The predicted octanol–water partition coefficient (Wildman–Crippen LogP) is 2.03. The lowest BCUT2D eigenvalue weighted by atomic mass is 10.2. The molecular weight excluding hydrogens is 385 g/mol. The van der Waals surface area contributed by atoms with Gasteiger partial charge in [0.15, 0.2) is 5.65 Å². The normalized spacial score (nSPS) is 14.8. The van der Waals surface area contributed by atoms with Crippen LogP contribution in [0.3, 0.4) is 0 Å². The third kappa shape index (κ3) is 2.97. The van der Waals surface area contributed by atoms with E-state index in [-0.39, 0.29) is 23.5 Å². The van der Waals surface area contributed by atoms with Crippen molar-refractivity contribution in [2.45, 2.75) is 30.5 Å². The zero-order valence-electron chi connectivity index (χ0n) is 14.8. The number of hydrogen-bond acceptors (Lipinski definition) is 7. The maximum absolute atomic E-state index is 13.3. The zero-order valence-corrected chi connectivity index (χ0v) is 15.7. The van der Waals surface area contributed by atoms with Crippen molar-refractivity contribution >= 4 is 32.5 Å². The van der Waals surface area contributed by atoms with Gasteiger partial charge >= 0.3 is 0 Å². The smallest absolute Gasteiger partial charge is 0.252 e. The van der Waals surface area contributed by atoms with Crippen molar-refractivity contribution in [2.75, 3.05) is 11.6 Å². The molecule has 1 aliphatic rings. The summed E-state index contributed by atoms with van der Waals surface area (Å²) in [5.41, 5.74) is 2.64. The number of aromatic nitrogens is 6. The molecule has 0 radical (unpaired) electrons. The van der Waals surface area contributed by atoms with Crippen LogP contribution >= 0.6 is 0 Å². The van der Waals surface area contributed by atoms with E-state index in [1.807, 2.05) is 0 Å². The topological polar surface area (TPSA) is 118 Å². The highest BCUT2D eigenvalue weighted by molar-refractivity contribution is 7.90. The molecule has 0 amide bonds. The third-order valence-corrected chi connectivity index (χ3v) is 5.48. The molecule has 2 N–H and O–H groups in total. The molecule has 1 fully saturated rings. The molecule has 3 heterocycles. The molecule has 0 atom stereocenters. The summed E-state index contributed by atoms with van der Waals surface area (Å²) in [5.74, 6) is 0.808. The van der Waals surface area contributed by atoms with E-state index in [4.69, 9.17) is 0 Å². The Morgan fingerprint density at radius 2 is 2.11 bits per heavy atom. The molecule has 4 aromatic rings. The lowest BCUT2D eigenvalue weighted by Gasteiger charge is -2.08. The number of rotatable bonds is 5. The third-order valence-electron chi connectivity index (χ3n) is 4.63. The molecule has 11 heteroatoms. The van der Waals surface area contributed by atoms with Crippen LogP contribution < -0.4 is 5.32 Å². The van der Waals surface area contributed by atoms with Crippen molar-refractivity contribution in [1.29, 1.82) is 0 Å². The van der Waals surface area contributed by atoms with E-state index in [9.17, 15) is 12.8 Å². The molecule has 0 aliphatic heterocycles. The molecule has 1 saturated carbocycles. The first-order valence-corrected chi connectivity index (χ1v) is 10.6. The number of benzene rings is 1. The summed E-state index contributed by atoms with van der Waals surface area (Å²) in [4.78, 5) is 15.8. The highest BCUT2D eigenvalue weighted by Gasteiger charge is 2.29. The van der Waals surface area contributed by atoms with E-state index >= 15 is 0 Å². The maximum Gasteiger partial charge on any atom is 0.252 e. The fourth-order valence-electron chi connectivity index (χ4n) is 3.12. The molecule has 1 aliphatic carbocycles. The largest absolute Gasteiger partial charge is 0.347 e. The van der Waals surface area contributed by atoms with Crippen molar-refractivity contribution in [2.24, 2.45) is 0 Å². The van der Waals surface area contributed by atoms with Gasteiger partial charge in [-0.2, -0.15) is 19.6 Å². The van der Waals surface area contributed by atoms with Gasteiger partial charge in [0.25, 0.3) is 5.16 Å². The number of hydrogen-bond donors (Lipinski definition) is 2. The number of halogens is 1. The van der Waals surface area contributed by atoms with Crippen LogP contribution in [-0.2, 0) is 16.4 Å². The number of fused-ring (bicyclic) bond motifs is 2. The zero-order chi connectivity index (χ0) is 19.5. The van der Waals surface area contributed by atoms with Gasteiger partial charge in [-0.25, -0.2) is 17.8 Å². The summed E-state index contributed by atoms with van der Waals surface area (Å²) >= 11 is 0. The summed E-state index contributed by atoms with van der Waals surface area (Å²) in [6, 6.07) is 4.31. The first kappa shape index (κ1) is 17.0. The second kappa shape index (κ2) is 5.96. The molecule has 0 saturated heterocycles. The number of sulfone groups is 1. The van der Waals surface area contributed by atoms with Crippen LogP contribution in [-0.4, -0.2) is 44.2 Å². The first-order valence-electron chi connectivity index (χ1n) is 8.72. The van der Waals surface area contributed by atoms with E-state index in [2.05, 4.69) is 30.4 Å². The summed E-state index contributed by atoms with van der Waals surface area (Å²) in [5, 5.41) is 7.13. The van der Waals surface area contributed by atoms with Crippen LogP contribution in [0.4, 0.5) is 10.3 Å². The molecular formula is C17H16FN7O2S. The van der Waals surface area contributed by atoms with Crippen molar-refractivity contribution in [3.05, 3.63) is 41.6 Å². The Labute approximate surface area is 159 Å². The van der Waals surface area contributed by atoms with Crippen LogP contribution in [0.25, 0.3) is 16.7 Å². The van der Waals surface area contributed by atoms with Crippen molar-refractivity contribution in [3.8, 4) is 0 Å². The monoisotopic (exact) mass is 401 g/mol. The van der Waals surface area contributed by atoms with E-state index in [1.165, 1.54) is 16.6 Å². The molecule has 0 spiro atoms. The highest BCUT2D eigenvalue weighted by atomic mass is 32.2. The number of anilines is 1. The molecule has 28 heavy (non-hydrogen) atoms. The molecule has 1 aromatic carbocycles. The van der Waals surface area contributed by atoms with Crippen molar-refractivity contribution in [3.63, 3.8) is 0 Å². The Bertz CT molecular complexity index is 1320. The van der Waals surface area contributed by atoms with Gasteiger partial charge in [0, 0.05) is 17.9 Å². The number of imidazole rings is 1. The number of nitrogens with one attached hydrogen (secondary N) is 2. The summed E-state index contributed by atoms with van der Waals surface area (Å²) in [6.07, 6.45) is 4.86. The average molecular weight is 401 g/mol. The lowest BCUT2D eigenvalue weighted by molar-refractivity contribution is 0.592. The van der Waals surface area contributed by atoms with Gasteiger partial charge in [0.05, 0.1) is 23.8 Å². The van der Waals surface area contributed by atoms with Gasteiger partial charge in [0.2, 0.25) is 15.8 Å². The van der Waals surface area contributed by atoms with Gasteiger partial charge in [-0.3, -0.25) is 0 Å². The summed E-state index contributed by atoms with van der Waals surface area (Å²) < 4.78 is 38.9. The Hall–Kier alpha value is -3.08. The van der Waals surface area contributed by atoms with Crippen LogP contribution in [0.2, 0.25) is 0 Å². The SMILES string of the molecule is CS(=O)(=O)c1nc(NCc2nc3cc(F)ccc3[nH]2)n2ncc(C3CC3)c2n1. The quantitative estimate of drug-likeness (QED) is 0.525. The minimum Gasteiger partial charge on any atom is -0.347 e. The second-order valence-electron chi connectivity index (χ2n) is 6.91. The molecule has 5 rings (SSSR count). The Morgan fingerprint density at radius 1 is 1.29 bits per heavy atom. The second-order valence-corrected chi connectivity index (χ2v) is 8.82. The Kier molecular flexibility index (Phi) is 3.63. The Balaban J connectivity index is 1.53. The van der Waals surface area contributed by atoms with Crippen molar-refractivity contribution < 1.29 is 12.8 Å². The molecule has 0 bridgehead atoms. The number of H-pyrrole nitrogens is 1. The molecule has 144 valence electrons. The number of aromatic amines is 1. The van der Waals surface area contributed by atoms with Gasteiger partial charge in [-0.15, -0.1) is 0 Å². The van der Waals surface area contributed by atoms with E-state index < -0.39 is 9.84 Å². The summed E-state index contributed by atoms with van der Waals surface area (Å²) in [6.45, 7) is 0.226. The van der Waals surface area contributed by atoms with Crippen LogP contribution in [0.15, 0.2) is 29.6 Å². The highest BCUT2D eigenvalue weighted by Crippen LogP contribution is 2.41. The fourth-order valence-corrected chi connectivity index (χ4v) is 3.62. The standard InChI is InChI=1S/C17H16FN7O2S/c1-28(26,27)17-23-15-11(9-2-3-9)7-20-25(15)16(24-17)19-8-14-21-12-5-4-10(18)6-13(12)22-14/h4-7,9H,2-3,8H2,1H3,(H,21,22)(H,19,23,24). The van der Waals surface area contributed by atoms with Gasteiger partial charge < -0.3 is 10.3 Å². The first-order chi connectivity index (χ1) is 13.4. The molecule has 0 unspecified atom stereocenters. The van der Waals surface area contributed by atoms with Crippen LogP contribution in [0.1, 0.15) is 30.1 Å². The Morgan fingerprint density at radius 3 is 2.86 bits per heavy atom. The van der Waals surface area contributed by atoms with E-state index in [0.717, 1.165) is 24.7 Å². The number of nitrogens with zero attached hydrogens (tertiary/aromatic N) is 5. The molecule has 9 nitrogen and oxygen atoms in total. The van der Waals surface area contributed by atoms with E-state index in [0.29, 0.717) is 28.4 Å². The van der Waals surface area contributed by atoms with Crippen LogP contribution in [0.5, 0.6) is 0 Å². The minimum absolute atomic E-state index is 0.226. The van der Waals surface area contributed by atoms with Gasteiger partial charge in [0.1, 0.15) is 11.6 Å².